The van der Waals surface area contributed by atoms with Crippen LogP contribution in [0.25, 0.3) is 0 Å². The number of rotatable bonds is 3. The van der Waals surface area contributed by atoms with Gasteiger partial charge in [-0.2, -0.15) is 0 Å². The van der Waals surface area contributed by atoms with Gasteiger partial charge in [0, 0.05) is 18.3 Å². The first-order chi connectivity index (χ1) is 11.0. The normalized spacial score (nSPS) is 36.3. The molecule has 1 heterocycles. The molecule has 0 amide bonds. The molecule has 23 heavy (non-hydrogen) atoms. The van der Waals surface area contributed by atoms with Gasteiger partial charge in [0.25, 0.3) is 0 Å². The lowest BCUT2D eigenvalue weighted by Gasteiger charge is -2.55. The standard InChI is InChI=1S/C20H26O3/c1-13-10-14(2)20(11-22-16(4)21)12-23-19(18(13)15(20)3)17-8-6-5-7-9-17/h5-10,14-15,18-19H,11-12H2,1-4H3/t14-,15+,18+,19+,20-/m1/s1. The molecule has 3 rings (SSSR count). The van der Waals surface area contributed by atoms with E-state index in [1.807, 2.05) is 6.07 Å². The molecule has 0 aromatic heterocycles. The molecule has 2 bridgehead atoms. The SMILES string of the molecule is CC(=O)OC[C@@]12CO[C@@H](c3ccccc3)[C@@H](C(C)=C[C@H]1C)[C@@H]2C. The lowest BCUT2D eigenvalue weighted by atomic mass is 9.56. The quantitative estimate of drug-likeness (QED) is 0.621. The third-order valence-corrected chi connectivity index (χ3v) is 5.92. The Hall–Kier alpha value is -1.61. The van der Waals surface area contributed by atoms with Crippen LogP contribution in [-0.2, 0) is 14.3 Å². The number of allylic oxidation sites excluding steroid dienone is 1. The average Bonchev–Trinajstić information content (AvgIpc) is 2.52. The maximum absolute atomic E-state index is 11.3. The fourth-order valence-corrected chi connectivity index (χ4v) is 4.44. The van der Waals surface area contributed by atoms with Crippen LogP contribution in [0.15, 0.2) is 42.0 Å². The summed E-state index contributed by atoms with van der Waals surface area (Å²) in [5, 5.41) is 0. The molecule has 0 saturated carbocycles. The van der Waals surface area contributed by atoms with E-state index in [9.17, 15) is 4.79 Å². The van der Waals surface area contributed by atoms with Crippen molar-refractivity contribution in [2.24, 2.45) is 23.2 Å². The van der Waals surface area contributed by atoms with Crippen LogP contribution in [0, 0.1) is 23.2 Å². The number of hydrogen-bond donors (Lipinski definition) is 0. The van der Waals surface area contributed by atoms with Gasteiger partial charge in [-0.15, -0.1) is 0 Å². The van der Waals surface area contributed by atoms with Crippen molar-refractivity contribution < 1.29 is 14.3 Å². The van der Waals surface area contributed by atoms with Crippen molar-refractivity contribution >= 4 is 5.97 Å². The maximum Gasteiger partial charge on any atom is 0.302 e. The smallest absolute Gasteiger partial charge is 0.302 e. The monoisotopic (exact) mass is 314 g/mol. The summed E-state index contributed by atoms with van der Waals surface area (Å²) in [5.41, 5.74) is 2.49. The van der Waals surface area contributed by atoms with E-state index in [0.29, 0.717) is 31.0 Å². The van der Waals surface area contributed by atoms with Crippen LogP contribution in [0.4, 0.5) is 0 Å². The van der Waals surface area contributed by atoms with Crippen LogP contribution in [0.1, 0.15) is 39.4 Å². The van der Waals surface area contributed by atoms with E-state index in [2.05, 4.69) is 51.1 Å². The average molecular weight is 314 g/mol. The van der Waals surface area contributed by atoms with Gasteiger partial charge in [-0.05, 0) is 24.3 Å². The van der Waals surface area contributed by atoms with E-state index in [-0.39, 0.29) is 17.5 Å². The van der Waals surface area contributed by atoms with Crippen LogP contribution in [-0.4, -0.2) is 19.2 Å². The van der Waals surface area contributed by atoms with Gasteiger partial charge >= 0.3 is 5.97 Å². The number of hydrogen-bond acceptors (Lipinski definition) is 3. The Kier molecular flexibility index (Phi) is 4.33. The summed E-state index contributed by atoms with van der Waals surface area (Å²) < 4.78 is 11.8. The maximum atomic E-state index is 11.3. The van der Waals surface area contributed by atoms with Gasteiger partial charge in [0.05, 0.1) is 19.3 Å². The molecule has 1 aromatic carbocycles. The minimum absolute atomic E-state index is 0.0837. The van der Waals surface area contributed by atoms with E-state index in [1.54, 1.807) is 0 Å². The second kappa shape index (κ2) is 6.12. The van der Waals surface area contributed by atoms with Gasteiger partial charge in [-0.3, -0.25) is 4.79 Å². The highest BCUT2D eigenvalue weighted by Crippen LogP contribution is 2.56. The minimum atomic E-state index is -0.216. The first-order valence-electron chi connectivity index (χ1n) is 8.44. The zero-order valence-corrected chi connectivity index (χ0v) is 14.4. The molecule has 3 nitrogen and oxygen atoms in total. The Labute approximate surface area is 138 Å². The molecule has 1 saturated heterocycles. The first kappa shape index (κ1) is 16.3. The Bertz CT molecular complexity index is 607. The van der Waals surface area contributed by atoms with Gasteiger partial charge < -0.3 is 9.47 Å². The van der Waals surface area contributed by atoms with Crippen LogP contribution < -0.4 is 0 Å². The van der Waals surface area contributed by atoms with Gasteiger partial charge in [-0.25, -0.2) is 0 Å². The lowest BCUT2D eigenvalue weighted by Crippen LogP contribution is -2.54. The summed E-state index contributed by atoms with van der Waals surface area (Å²) in [6, 6.07) is 10.4. The molecule has 0 spiro atoms. The molecule has 124 valence electrons. The van der Waals surface area contributed by atoms with E-state index >= 15 is 0 Å². The summed E-state index contributed by atoms with van der Waals surface area (Å²) in [4.78, 5) is 11.3. The van der Waals surface area contributed by atoms with Crippen molar-refractivity contribution in [1.82, 2.24) is 0 Å². The van der Waals surface area contributed by atoms with E-state index in [1.165, 1.54) is 18.1 Å². The molecule has 2 aliphatic rings. The number of carbonyl (C=O) groups excluding carboxylic acids is 1. The van der Waals surface area contributed by atoms with Crippen molar-refractivity contribution in [1.29, 1.82) is 0 Å². The first-order valence-corrected chi connectivity index (χ1v) is 8.44. The van der Waals surface area contributed by atoms with E-state index in [4.69, 9.17) is 9.47 Å². The molecule has 1 aliphatic heterocycles. The topological polar surface area (TPSA) is 35.5 Å². The number of fused-ring (bicyclic) bond motifs is 2. The van der Waals surface area contributed by atoms with Crippen molar-refractivity contribution in [3.63, 3.8) is 0 Å². The number of benzene rings is 1. The summed E-state index contributed by atoms with van der Waals surface area (Å²) in [6.45, 7) is 9.25. The third-order valence-electron chi connectivity index (χ3n) is 5.92. The molecule has 0 unspecified atom stereocenters. The third kappa shape index (κ3) is 2.72. The number of carbonyl (C=O) groups is 1. The minimum Gasteiger partial charge on any atom is -0.465 e. The summed E-state index contributed by atoms with van der Waals surface area (Å²) in [6.07, 6.45) is 2.44. The number of ether oxygens (including phenoxy) is 2. The van der Waals surface area contributed by atoms with E-state index in [0.717, 1.165) is 0 Å². The Morgan fingerprint density at radius 2 is 2.00 bits per heavy atom. The molecule has 1 aliphatic carbocycles. The number of esters is 1. The molecular formula is C20H26O3. The fourth-order valence-electron chi connectivity index (χ4n) is 4.44. The molecule has 3 heteroatoms. The Morgan fingerprint density at radius 1 is 1.30 bits per heavy atom. The predicted octanol–water partition coefficient (Wildman–Crippen LogP) is 4.16. The summed E-state index contributed by atoms with van der Waals surface area (Å²) in [5.74, 6) is 0.857. The second-order valence-electron chi connectivity index (χ2n) is 7.17. The fraction of sp³-hybridized carbons (Fsp3) is 0.550. The molecular weight excluding hydrogens is 288 g/mol. The van der Waals surface area contributed by atoms with Crippen LogP contribution in [0.3, 0.4) is 0 Å². The van der Waals surface area contributed by atoms with Crippen molar-refractivity contribution in [3.8, 4) is 0 Å². The van der Waals surface area contributed by atoms with Gasteiger partial charge in [-0.1, -0.05) is 55.8 Å². The van der Waals surface area contributed by atoms with Crippen molar-refractivity contribution in [3.05, 3.63) is 47.5 Å². The molecule has 5 atom stereocenters. The van der Waals surface area contributed by atoms with Crippen LogP contribution in [0.2, 0.25) is 0 Å². The van der Waals surface area contributed by atoms with Crippen molar-refractivity contribution in [2.45, 2.75) is 33.8 Å². The Balaban J connectivity index is 1.95. The zero-order valence-electron chi connectivity index (χ0n) is 14.4. The summed E-state index contributed by atoms with van der Waals surface area (Å²) in [7, 11) is 0. The highest BCUT2D eigenvalue weighted by Gasteiger charge is 2.54. The van der Waals surface area contributed by atoms with Gasteiger partial charge in [0.2, 0.25) is 0 Å². The van der Waals surface area contributed by atoms with Crippen molar-refractivity contribution in [2.75, 3.05) is 13.2 Å². The molecule has 1 aromatic rings. The molecule has 1 fully saturated rings. The molecule has 0 radical (unpaired) electrons. The van der Waals surface area contributed by atoms with Gasteiger partial charge in [0.1, 0.15) is 0 Å². The van der Waals surface area contributed by atoms with Gasteiger partial charge in [0.15, 0.2) is 0 Å². The Morgan fingerprint density at radius 3 is 2.65 bits per heavy atom. The highest BCUT2D eigenvalue weighted by atomic mass is 16.5. The lowest BCUT2D eigenvalue weighted by molar-refractivity contribution is -0.180. The van der Waals surface area contributed by atoms with E-state index < -0.39 is 0 Å². The zero-order chi connectivity index (χ0) is 16.6. The largest absolute Gasteiger partial charge is 0.465 e. The van der Waals surface area contributed by atoms with Crippen LogP contribution in [0.5, 0.6) is 0 Å². The summed E-state index contributed by atoms with van der Waals surface area (Å²) >= 11 is 0. The molecule has 0 N–H and O–H groups in total. The predicted molar refractivity (Wildman–Crippen MR) is 89.8 cm³/mol. The van der Waals surface area contributed by atoms with Crippen LogP contribution >= 0.6 is 0 Å². The highest BCUT2D eigenvalue weighted by molar-refractivity contribution is 5.66. The second-order valence-corrected chi connectivity index (χ2v) is 7.17.